The van der Waals surface area contributed by atoms with E-state index in [1.54, 1.807) is 12.1 Å². The topological polar surface area (TPSA) is 30.5 Å². The van der Waals surface area contributed by atoms with E-state index in [2.05, 4.69) is 5.32 Å². The SMILES string of the molecule is Cc1ccc(F)c(NCc2ccc3c(c2)OCCO3)c1. The largest absolute Gasteiger partial charge is 0.486 e. The van der Waals surface area contributed by atoms with Crippen molar-refractivity contribution in [1.82, 2.24) is 0 Å². The Balaban J connectivity index is 1.73. The van der Waals surface area contributed by atoms with Crippen LogP contribution in [0.5, 0.6) is 11.5 Å². The molecule has 1 heterocycles. The van der Waals surface area contributed by atoms with Gasteiger partial charge in [0.05, 0.1) is 5.69 Å². The average molecular weight is 273 g/mol. The molecule has 0 saturated carbocycles. The van der Waals surface area contributed by atoms with E-state index < -0.39 is 0 Å². The Hall–Kier alpha value is -2.23. The molecule has 0 atom stereocenters. The van der Waals surface area contributed by atoms with Gasteiger partial charge in [-0.25, -0.2) is 4.39 Å². The third-order valence-electron chi connectivity index (χ3n) is 3.21. The molecule has 0 fully saturated rings. The fourth-order valence-electron chi connectivity index (χ4n) is 2.17. The molecular weight excluding hydrogens is 257 g/mol. The molecule has 0 bridgehead atoms. The van der Waals surface area contributed by atoms with Crippen LogP contribution in [0.1, 0.15) is 11.1 Å². The maximum Gasteiger partial charge on any atom is 0.161 e. The third-order valence-corrected chi connectivity index (χ3v) is 3.21. The molecule has 1 aliphatic heterocycles. The summed E-state index contributed by atoms with van der Waals surface area (Å²) >= 11 is 0. The number of ether oxygens (including phenoxy) is 2. The van der Waals surface area contributed by atoms with Crippen LogP contribution in [0, 0.1) is 12.7 Å². The zero-order chi connectivity index (χ0) is 13.9. The molecule has 0 spiro atoms. The molecule has 0 unspecified atom stereocenters. The highest BCUT2D eigenvalue weighted by Crippen LogP contribution is 2.31. The summed E-state index contributed by atoms with van der Waals surface area (Å²) in [6.45, 7) is 3.63. The van der Waals surface area contributed by atoms with Crippen LogP contribution in [-0.2, 0) is 6.54 Å². The highest BCUT2D eigenvalue weighted by atomic mass is 19.1. The lowest BCUT2D eigenvalue weighted by atomic mass is 10.1. The fraction of sp³-hybridized carbons (Fsp3) is 0.250. The molecule has 0 amide bonds. The zero-order valence-electron chi connectivity index (χ0n) is 11.3. The molecule has 2 aromatic rings. The monoisotopic (exact) mass is 273 g/mol. The van der Waals surface area contributed by atoms with E-state index in [4.69, 9.17) is 9.47 Å². The number of nitrogens with one attached hydrogen (secondary N) is 1. The molecule has 3 rings (SSSR count). The molecule has 0 saturated heterocycles. The molecule has 0 aromatic heterocycles. The van der Waals surface area contributed by atoms with Crippen molar-refractivity contribution in [3.8, 4) is 11.5 Å². The highest BCUT2D eigenvalue weighted by Gasteiger charge is 2.11. The van der Waals surface area contributed by atoms with E-state index in [1.165, 1.54) is 6.07 Å². The van der Waals surface area contributed by atoms with Gasteiger partial charge in [0.25, 0.3) is 0 Å². The Labute approximate surface area is 117 Å². The Morgan fingerprint density at radius 2 is 1.85 bits per heavy atom. The summed E-state index contributed by atoms with van der Waals surface area (Å²) in [5.74, 6) is 1.27. The van der Waals surface area contributed by atoms with Crippen molar-refractivity contribution in [2.45, 2.75) is 13.5 Å². The summed E-state index contributed by atoms with van der Waals surface area (Å²) in [5, 5.41) is 3.11. The second kappa shape index (κ2) is 5.41. The van der Waals surface area contributed by atoms with Crippen LogP contribution in [0.2, 0.25) is 0 Å². The number of aryl methyl sites for hydroxylation is 1. The van der Waals surface area contributed by atoms with E-state index in [1.807, 2.05) is 25.1 Å². The molecule has 20 heavy (non-hydrogen) atoms. The van der Waals surface area contributed by atoms with E-state index in [0.29, 0.717) is 25.4 Å². The molecule has 3 nitrogen and oxygen atoms in total. The summed E-state index contributed by atoms with van der Waals surface area (Å²) in [6.07, 6.45) is 0. The quantitative estimate of drug-likeness (QED) is 0.928. The standard InChI is InChI=1S/C16H16FNO2/c1-11-2-4-13(17)14(8-11)18-10-12-3-5-15-16(9-12)20-7-6-19-15/h2-5,8-9,18H,6-7,10H2,1H3. The first-order chi connectivity index (χ1) is 9.72. The van der Waals surface area contributed by atoms with Gasteiger partial charge in [-0.2, -0.15) is 0 Å². The van der Waals surface area contributed by atoms with Crippen LogP contribution in [0.4, 0.5) is 10.1 Å². The summed E-state index contributed by atoms with van der Waals surface area (Å²) < 4.78 is 24.6. The van der Waals surface area contributed by atoms with Crippen molar-refractivity contribution < 1.29 is 13.9 Å². The van der Waals surface area contributed by atoms with Gasteiger partial charge in [0.2, 0.25) is 0 Å². The summed E-state index contributed by atoms with van der Waals surface area (Å²) in [6, 6.07) is 10.8. The van der Waals surface area contributed by atoms with Gasteiger partial charge in [-0.3, -0.25) is 0 Å². The second-order valence-corrected chi connectivity index (χ2v) is 4.81. The predicted molar refractivity (Wildman–Crippen MR) is 75.9 cm³/mol. The Bertz CT molecular complexity index is 628. The van der Waals surface area contributed by atoms with E-state index in [0.717, 1.165) is 22.6 Å². The smallest absolute Gasteiger partial charge is 0.161 e. The van der Waals surface area contributed by atoms with Crippen LogP contribution < -0.4 is 14.8 Å². The first kappa shape index (κ1) is 12.8. The fourth-order valence-corrected chi connectivity index (χ4v) is 2.17. The van der Waals surface area contributed by atoms with Crippen molar-refractivity contribution in [3.63, 3.8) is 0 Å². The van der Waals surface area contributed by atoms with Crippen LogP contribution in [-0.4, -0.2) is 13.2 Å². The van der Waals surface area contributed by atoms with E-state index in [9.17, 15) is 4.39 Å². The van der Waals surface area contributed by atoms with Gasteiger partial charge >= 0.3 is 0 Å². The summed E-state index contributed by atoms with van der Waals surface area (Å²) in [5.41, 5.74) is 2.56. The van der Waals surface area contributed by atoms with Gasteiger partial charge in [0, 0.05) is 6.54 Å². The normalized spacial score (nSPS) is 13.1. The third kappa shape index (κ3) is 2.69. The van der Waals surface area contributed by atoms with Gasteiger partial charge in [0.1, 0.15) is 19.0 Å². The molecule has 0 aliphatic carbocycles. The minimum atomic E-state index is -0.242. The minimum Gasteiger partial charge on any atom is -0.486 e. The lowest BCUT2D eigenvalue weighted by Gasteiger charge is -2.19. The highest BCUT2D eigenvalue weighted by molar-refractivity contribution is 5.49. The summed E-state index contributed by atoms with van der Waals surface area (Å²) in [7, 11) is 0. The minimum absolute atomic E-state index is 0.242. The van der Waals surface area contributed by atoms with Gasteiger partial charge in [-0.1, -0.05) is 12.1 Å². The maximum atomic E-state index is 13.6. The second-order valence-electron chi connectivity index (χ2n) is 4.81. The van der Waals surface area contributed by atoms with Gasteiger partial charge in [0.15, 0.2) is 11.5 Å². The number of hydrogen-bond donors (Lipinski definition) is 1. The number of anilines is 1. The maximum absolute atomic E-state index is 13.6. The van der Waals surface area contributed by atoms with Crippen molar-refractivity contribution in [1.29, 1.82) is 0 Å². The van der Waals surface area contributed by atoms with Gasteiger partial charge in [-0.15, -0.1) is 0 Å². The van der Waals surface area contributed by atoms with Crippen LogP contribution in [0.15, 0.2) is 36.4 Å². The number of hydrogen-bond acceptors (Lipinski definition) is 3. The zero-order valence-corrected chi connectivity index (χ0v) is 11.3. The number of halogens is 1. The van der Waals surface area contributed by atoms with Crippen molar-refractivity contribution in [2.75, 3.05) is 18.5 Å². The Morgan fingerprint density at radius 3 is 2.70 bits per heavy atom. The van der Waals surface area contributed by atoms with Crippen molar-refractivity contribution >= 4 is 5.69 Å². The van der Waals surface area contributed by atoms with E-state index >= 15 is 0 Å². The molecule has 104 valence electrons. The Morgan fingerprint density at radius 1 is 1.05 bits per heavy atom. The van der Waals surface area contributed by atoms with Gasteiger partial charge in [-0.05, 0) is 42.3 Å². The molecule has 1 N–H and O–H groups in total. The molecule has 2 aromatic carbocycles. The number of fused-ring (bicyclic) bond motifs is 1. The van der Waals surface area contributed by atoms with Gasteiger partial charge < -0.3 is 14.8 Å². The molecular formula is C16H16FNO2. The van der Waals surface area contributed by atoms with Crippen molar-refractivity contribution in [3.05, 3.63) is 53.3 Å². The van der Waals surface area contributed by atoms with Crippen LogP contribution in [0.3, 0.4) is 0 Å². The molecule has 4 heteroatoms. The predicted octanol–water partition coefficient (Wildman–Crippen LogP) is 3.52. The lowest BCUT2D eigenvalue weighted by molar-refractivity contribution is 0.171. The average Bonchev–Trinajstić information content (AvgIpc) is 2.48. The van der Waals surface area contributed by atoms with Crippen LogP contribution in [0.25, 0.3) is 0 Å². The number of rotatable bonds is 3. The summed E-state index contributed by atoms with van der Waals surface area (Å²) in [4.78, 5) is 0. The number of benzene rings is 2. The first-order valence-electron chi connectivity index (χ1n) is 6.61. The van der Waals surface area contributed by atoms with E-state index in [-0.39, 0.29) is 5.82 Å². The Kier molecular flexibility index (Phi) is 3.46. The van der Waals surface area contributed by atoms with Crippen molar-refractivity contribution in [2.24, 2.45) is 0 Å². The van der Waals surface area contributed by atoms with Crippen LogP contribution >= 0.6 is 0 Å². The molecule has 0 radical (unpaired) electrons. The first-order valence-corrected chi connectivity index (χ1v) is 6.61. The molecule has 1 aliphatic rings. The lowest BCUT2D eigenvalue weighted by Crippen LogP contribution is -2.15.